The minimum atomic E-state index is -1.81. The Balaban J connectivity index is 2.72. The normalized spacial score (nSPS) is 12.7. The van der Waals surface area contributed by atoms with Crippen molar-refractivity contribution in [3.05, 3.63) is 42.0 Å². The highest BCUT2D eigenvalue weighted by molar-refractivity contribution is 6.74. The molecule has 21 heavy (non-hydrogen) atoms. The minimum absolute atomic E-state index is 0.175. The molecular weight excluding hydrogens is 276 g/mol. The molecule has 116 valence electrons. The molecule has 0 N–H and O–H groups in total. The van der Waals surface area contributed by atoms with Crippen molar-refractivity contribution in [2.75, 3.05) is 0 Å². The average molecular weight is 305 g/mol. The van der Waals surface area contributed by atoms with Gasteiger partial charge < -0.3 is 4.43 Å². The van der Waals surface area contributed by atoms with Crippen molar-refractivity contribution in [1.82, 2.24) is 0 Å². The molecule has 1 aromatic carbocycles. The van der Waals surface area contributed by atoms with Crippen LogP contribution in [0.2, 0.25) is 18.1 Å². The van der Waals surface area contributed by atoms with Crippen molar-refractivity contribution in [2.24, 2.45) is 0 Å². The van der Waals surface area contributed by atoms with Gasteiger partial charge in [0, 0.05) is 12.0 Å². The smallest absolute Gasteiger partial charge is 0.250 e. The predicted molar refractivity (Wildman–Crippen MR) is 92.6 cm³/mol. The van der Waals surface area contributed by atoms with Gasteiger partial charge in [-0.3, -0.25) is 4.79 Å². The molecule has 0 amide bonds. The second-order valence-electron chi connectivity index (χ2n) is 6.92. The van der Waals surface area contributed by atoms with E-state index in [1.54, 1.807) is 0 Å². The van der Waals surface area contributed by atoms with Gasteiger partial charge in [-0.1, -0.05) is 32.9 Å². The number of benzene rings is 1. The summed E-state index contributed by atoms with van der Waals surface area (Å²) in [5.41, 5.74) is 0.766. The number of allylic oxidation sites excluding steroid dienone is 2. The molecule has 0 aromatic heterocycles. The van der Waals surface area contributed by atoms with Crippen LogP contribution in [0.5, 0.6) is 5.75 Å². The molecule has 0 aliphatic rings. The molecule has 0 atom stereocenters. The average Bonchev–Trinajstić information content (AvgIpc) is 2.38. The maximum atomic E-state index is 12.0. The SMILES string of the molecule is C/C=C/CCC(=O)c1ccc(O[Si](C)(C)C(C)(C)C)cc1. The zero-order valence-electron chi connectivity index (χ0n) is 14.2. The van der Waals surface area contributed by atoms with E-state index in [1.165, 1.54) is 0 Å². The van der Waals surface area contributed by atoms with Crippen molar-refractivity contribution in [2.45, 2.75) is 58.7 Å². The van der Waals surface area contributed by atoms with Crippen molar-refractivity contribution in [3.8, 4) is 5.75 Å². The zero-order chi connectivity index (χ0) is 16.1. The highest BCUT2D eigenvalue weighted by Gasteiger charge is 2.38. The lowest BCUT2D eigenvalue weighted by atomic mass is 10.1. The summed E-state index contributed by atoms with van der Waals surface area (Å²) in [6.45, 7) is 13.1. The number of rotatable bonds is 6. The van der Waals surface area contributed by atoms with Gasteiger partial charge >= 0.3 is 0 Å². The third-order valence-electron chi connectivity index (χ3n) is 4.13. The Labute approximate surface area is 130 Å². The summed E-state index contributed by atoms with van der Waals surface area (Å²) in [4.78, 5) is 12.0. The fraction of sp³-hybridized carbons (Fsp3) is 0.500. The van der Waals surface area contributed by atoms with E-state index in [1.807, 2.05) is 43.3 Å². The van der Waals surface area contributed by atoms with Crippen LogP contribution in [-0.2, 0) is 0 Å². The molecule has 0 heterocycles. The van der Waals surface area contributed by atoms with E-state index in [4.69, 9.17) is 4.43 Å². The molecule has 0 aliphatic heterocycles. The number of hydrogen-bond donors (Lipinski definition) is 0. The highest BCUT2D eigenvalue weighted by Crippen LogP contribution is 2.37. The molecule has 3 heteroatoms. The Kier molecular flexibility index (Phi) is 5.96. The zero-order valence-corrected chi connectivity index (χ0v) is 15.2. The van der Waals surface area contributed by atoms with E-state index in [2.05, 4.69) is 33.9 Å². The molecule has 0 aliphatic carbocycles. The lowest BCUT2D eigenvalue weighted by Gasteiger charge is -2.36. The molecule has 0 radical (unpaired) electrons. The van der Waals surface area contributed by atoms with Crippen LogP contribution in [0.1, 0.15) is 50.9 Å². The number of Topliss-reactive ketones (excluding diaryl/α,β-unsaturated/α-hetero) is 1. The number of carbonyl (C=O) groups excluding carboxylic acids is 1. The second kappa shape index (κ2) is 7.08. The van der Waals surface area contributed by atoms with Crippen molar-refractivity contribution in [1.29, 1.82) is 0 Å². The molecule has 0 unspecified atom stereocenters. The molecule has 2 nitrogen and oxygen atoms in total. The fourth-order valence-electron chi connectivity index (χ4n) is 1.68. The van der Waals surface area contributed by atoms with Crippen molar-refractivity contribution >= 4 is 14.1 Å². The number of carbonyl (C=O) groups is 1. The Hall–Kier alpha value is -1.35. The molecule has 0 spiro atoms. The fourth-order valence-corrected chi connectivity index (χ4v) is 2.71. The van der Waals surface area contributed by atoms with Crippen LogP contribution in [0.3, 0.4) is 0 Å². The predicted octanol–water partition coefficient (Wildman–Crippen LogP) is 5.61. The van der Waals surface area contributed by atoms with Gasteiger partial charge in [0.2, 0.25) is 8.32 Å². The first-order chi connectivity index (χ1) is 9.67. The summed E-state index contributed by atoms with van der Waals surface area (Å²) < 4.78 is 6.22. The van der Waals surface area contributed by atoms with Gasteiger partial charge in [-0.25, -0.2) is 0 Å². The van der Waals surface area contributed by atoms with E-state index >= 15 is 0 Å². The van der Waals surface area contributed by atoms with Gasteiger partial charge in [0.1, 0.15) is 5.75 Å². The maximum absolute atomic E-state index is 12.0. The Bertz CT molecular complexity index is 493. The first-order valence-corrected chi connectivity index (χ1v) is 10.5. The van der Waals surface area contributed by atoms with Gasteiger partial charge in [-0.2, -0.15) is 0 Å². The van der Waals surface area contributed by atoms with Crippen LogP contribution in [0.15, 0.2) is 36.4 Å². The first kappa shape index (κ1) is 17.7. The van der Waals surface area contributed by atoms with Crippen LogP contribution in [0.4, 0.5) is 0 Å². The summed E-state index contributed by atoms with van der Waals surface area (Å²) in [6.07, 6.45) is 5.36. The van der Waals surface area contributed by atoms with Crippen LogP contribution >= 0.6 is 0 Å². The summed E-state index contributed by atoms with van der Waals surface area (Å²) >= 11 is 0. The minimum Gasteiger partial charge on any atom is -0.544 e. The summed E-state index contributed by atoms with van der Waals surface area (Å²) in [7, 11) is -1.81. The van der Waals surface area contributed by atoms with E-state index in [-0.39, 0.29) is 10.8 Å². The third-order valence-corrected chi connectivity index (χ3v) is 8.49. The number of ketones is 1. The Morgan fingerprint density at radius 3 is 2.24 bits per heavy atom. The van der Waals surface area contributed by atoms with Gasteiger partial charge in [-0.15, -0.1) is 0 Å². The van der Waals surface area contributed by atoms with Gasteiger partial charge in [0.15, 0.2) is 5.78 Å². The largest absolute Gasteiger partial charge is 0.544 e. The van der Waals surface area contributed by atoms with E-state index in [0.717, 1.165) is 17.7 Å². The molecule has 1 rings (SSSR count). The third kappa shape index (κ3) is 5.16. The standard InChI is InChI=1S/C18H28O2Si/c1-7-8-9-10-17(19)15-11-13-16(14-12-15)20-21(5,6)18(2,3)4/h7-8,11-14H,9-10H2,1-6H3/b8-7+. The molecule has 0 fully saturated rings. The lowest BCUT2D eigenvalue weighted by Crippen LogP contribution is -2.43. The van der Waals surface area contributed by atoms with Gasteiger partial charge in [0.05, 0.1) is 0 Å². The van der Waals surface area contributed by atoms with Crippen LogP contribution in [0, 0.1) is 0 Å². The molecule has 0 bridgehead atoms. The van der Waals surface area contributed by atoms with Crippen LogP contribution in [-0.4, -0.2) is 14.1 Å². The first-order valence-electron chi connectivity index (χ1n) is 7.61. The highest BCUT2D eigenvalue weighted by atomic mass is 28.4. The van der Waals surface area contributed by atoms with Gasteiger partial charge in [-0.05, 0) is 55.7 Å². The molecular formula is C18H28O2Si. The topological polar surface area (TPSA) is 26.3 Å². The van der Waals surface area contributed by atoms with Crippen LogP contribution < -0.4 is 4.43 Å². The summed E-state index contributed by atoms with van der Waals surface area (Å²) in [6, 6.07) is 7.59. The Morgan fingerprint density at radius 2 is 1.76 bits per heavy atom. The second-order valence-corrected chi connectivity index (χ2v) is 11.6. The summed E-state index contributed by atoms with van der Waals surface area (Å²) in [5, 5.41) is 0.175. The van der Waals surface area contributed by atoms with E-state index in [9.17, 15) is 4.79 Å². The monoisotopic (exact) mass is 304 g/mol. The maximum Gasteiger partial charge on any atom is 0.250 e. The van der Waals surface area contributed by atoms with Crippen molar-refractivity contribution < 1.29 is 9.22 Å². The van der Waals surface area contributed by atoms with E-state index in [0.29, 0.717) is 6.42 Å². The molecule has 1 aromatic rings. The lowest BCUT2D eigenvalue weighted by molar-refractivity contribution is 0.0983. The molecule has 0 saturated heterocycles. The van der Waals surface area contributed by atoms with E-state index < -0.39 is 8.32 Å². The van der Waals surface area contributed by atoms with Crippen LogP contribution in [0.25, 0.3) is 0 Å². The van der Waals surface area contributed by atoms with Crippen molar-refractivity contribution in [3.63, 3.8) is 0 Å². The quantitative estimate of drug-likeness (QED) is 0.388. The molecule has 0 saturated carbocycles. The number of hydrogen-bond acceptors (Lipinski definition) is 2. The van der Waals surface area contributed by atoms with Gasteiger partial charge in [0.25, 0.3) is 0 Å². The Morgan fingerprint density at radius 1 is 1.19 bits per heavy atom. The summed E-state index contributed by atoms with van der Waals surface area (Å²) in [5.74, 6) is 1.05.